The zero-order valence-electron chi connectivity index (χ0n) is 12.5. The molecule has 23 heavy (non-hydrogen) atoms. The van der Waals surface area contributed by atoms with E-state index in [9.17, 15) is 22.8 Å². The summed E-state index contributed by atoms with van der Waals surface area (Å²) in [7, 11) is 1.46. The first kappa shape index (κ1) is 17.1. The normalized spacial score (nSPS) is 19.0. The molecule has 0 bridgehead atoms. The summed E-state index contributed by atoms with van der Waals surface area (Å²) in [5.41, 5.74) is 0.554. The number of benzene rings is 1. The van der Waals surface area contributed by atoms with Gasteiger partial charge in [-0.1, -0.05) is 12.1 Å². The molecule has 1 N–H and O–H groups in total. The first-order valence-electron chi connectivity index (χ1n) is 7.07. The van der Waals surface area contributed by atoms with Gasteiger partial charge in [0.25, 0.3) is 0 Å². The Labute approximate surface area is 131 Å². The van der Waals surface area contributed by atoms with Crippen molar-refractivity contribution in [3.05, 3.63) is 29.8 Å². The molecular formula is C15H17F3N2O3. The highest BCUT2D eigenvalue weighted by Crippen LogP contribution is 2.29. The molecular weight excluding hydrogens is 313 g/mol. The van der Waals surface area contributed by atoms with E-state index in [0.29, 0.717) is 11.3 Å². The van der Waals surface area contributed by atoms with E-state index in [2.05, 4.69) is 5.32 Å². The maximum atomic E-state index is 13.2. The number of amides is 2. The topological polar surface area (TPSA) is 58.6 Å². The van der Waals surface area contributed by atoms with Gasteiger partial charge in [-0.3, -0.25) is 9.59 Å². The standard InChI is InChI=1S/C15H17F3N2O3/c1-23-11-4-2-3-10(7-11)8-14(22)20-6-5-19-13(21)9-12(20)15(16,17)18/h2-4,7,12H,5-6,8-9H2,1H3,(H,19,21). The van der Waals surface area contributed by atoms with E-state index in [1.807, 2.05) is 0 Å². The minimum absolute atomic E-state index is 0.00919. The van der Waals surface area contributed by atoms with Crippen LogP contribution in [0.4, 0.5) is 13.2 Å². The van der Waals surface area contributed by atoms with Gasteiger partial charge in [0, 0.05) is 13.1 Å². The zero-order chi connectivity index (χ0) is 17.0. The highest BCUT2D eigenvalue weighted by molar-refractivity contribution is 5.82. The molecule has 0 radical (unpaired) electrons. The molecule has 8 heteroatoms. The van der Waals surface area contributed by atoms with E-state index in [0.717, 1.165) is 4.90 Å². The molecule has 1 atom stereocenters. The summed E-state index contributed by atoms with van der Waals surface area (Å²) in [6, 6.07) is 4.49. The van der Waals surface area contributed by atoms with Crippen molar-refractivity contribution in [1.29, 1.82) is 0 Å². The van der Waals surface area contributed by atoms with Crippen molar-refractivity contribution >= 4 is 11.8 Å². The van der Waals surface area contributed by atoms with Crippen molar-refractivity contribution in [3.63, 3.8) is 0 Å². The summed E-state index contributed by atoms with van der Waals surface area (Å²) in [5, 5.41) is 2.36. The fraction of sp³-hybridized carbons (Fsp3) is 0.467. The molecule has 0 aromatic heterocycles. The molecule has 1 unspecified atom stereocenters. The Hall–Kier alpha value is -2.25. The molecule has 0 saturated carbocycles. The second kappa shape index (κ2) is 6.89. The summed E-state index contributed by atoms with van der Waals surface area (Å²) in [4.78, 5) is 24.4. The maximum absolute atomic E-state index is 13.2. The van der Waals surface area contributed by atoms with Gasteiger partial charge in [-0.2, -0.15) is 13.2 Å². The highest BCUT2D eigenvalue weighted by Gasteiger charge is 2.47. The lowest BCUT2D eigenvalue weighted by Crippen LogP contribution is -2.49. The fourth-order valence-corrected chi connectivity index (χ4v) is 2.48. The van der Waals surface area contributed by atoms with Crippen LogP contribution < -0.4 is 10.1 Å². The largest absolute Gasteiger partial charge is 0.497 e. The number of methoxy groups -OCH3 is 1. The number of hydrogen-bond donors (Lipinski definition) is 1. The van der Waals surface area contributed by atoms with Crippen molar-refractivity contribution in [3.8, 4) is 5.75 Å². The van der Waals surface area contributed by atoms with E-state index >= 15 is 0 Å². The number of halogens is 3. The minimum Gasteiger partial charge on any atom is -0.497 e. The number of nitrogens with zero attached hydrogens (tertiary/aromatic N) is 1. The number of rotatable bonds is 3. The Morgan fingerprint density at radius 1 is 1.43 bits per heavy atom. The summed E-state index contributed by atoms with van der Waals surface area (Å²) in [5.74, 6) is -0.850. The molecule has 1 aliphatic heterocycles. The number of carbonyl (C=O) groups is 2. The predicted molar refractivity (Wildman–Crippen MR) is 75.9 cm³/mol. The lowest BCUT2D eigenvalue weighted by atomic mass is 10.1. The molecule has 1 fully saturated rings. The van der Waals surface area contributed by atoms with Gasteiger partial charge in [0.05, 0.1) is 20.0 Å². The number of carbonyl (C=O) groups excluding carboxylic acids is 2. The van der Waals surface area contributed by atoms with Crippen molar-refractivity contribution in [1.82, 2.24) is 10.2 Å². The second-order valence-electron chi connectivity index (χ2n) is 5.23. The van der Waals surface area contributed by atoms with Crippen LogP contribution in [0.15, 0.2) is 24.3 Å². The van der Waals surface area contributed by atoms with Gasteiger partial charge in [0.15, 0.2) is 0 Å². The van der Waals surface area contributed by atoms with Crippen LogP contribution in [0.3, 0.4) is 0 Å². The Balaban J connectivity index is 2.18. The molecule has 2 amide bonds. The summed E-state index contributed by atoms with van der Waals surface area (Å²) >= 11 is 0. The first-order valence-corrected chi connectivity index (χ1v) is 7.07. The molecule has 1 aromatic carbocycles. The number of nitrogens with one attached hydrogen (secondary N) is 1. The van der Waals surface area contributed by atoms with Crippen LogP contribution in [0.2, 0.25) is 0 Å². The van der Waals surface area contributed by atoms with Crippen LogP contribution in [0.25, 0.3) is 0 Å². The van der Waals surface area contributed by atoms with Gasteiger partial charge in [0.2, 0.25) is 11.8 Å². The summed E-state index contributed by atoms with van der Waals surface area (Å²) in [6.45, 7) is -0.159. The van der Waals surface area contributed by atoms with Crippen molar-refractivity contribution in [2.75, 3.05) is 20.2 Å². The van der Waals surface area contributed by atoms with Crippen molar-refractivity contribution < 1.29 is 27.5 Å². The van der Waals surface area contributed by atoms with Crippen LogP contribution in [-0.4, -0.2) is 49.1 Å². The van der Waals surface area contributed by atoms with Crippen molar-refractivity contribution in [2.45, 2.75) is 25.1 Å². The van der Waals surface area contributed by atoms with Crippen LogP contribution >= 0.6 is 0 Å². The second-order valence-corrected chi connectivity index (χ2v) is 5.23. The number of hydrogen-bond acceptors (Lipinski definition) is 3. The van der Waals surface area contributed by atoms with Crippen molar-refractivity contribution in [2.24, 2.45) is 0 Å². The molecule has 1 heterocycles. The van der Waals surface area contributed by atoms with Crippen LogP contribution in [0.5, 0.6) is 5.75 Å². The Morgan fingerprint density at radius 3 is 2.83 bits per heavy atom. The molecule has 1 aliphatic rings. The molecule has 1 saturated heterocycles. The quantitative estimate of drug-likeness (QED) is 0.914. The van der Waals surface area contributed by atoms with E-state index in [1.165, 1.54) is 7.11 Å². The third kappa shape index (κ3) is 4.37. The lowest BCUT2D eigenvalue weighted by molar-refractivity contribution is -0.190. The van der Waals surface area contributed by atoms with Crippen LogP contribution in [0.1, 0.15) is 12.0 Å². The third-order valence-corrected chi connectivity index (χ3v) is 3.62. The van der Waals surface area contributed by atoms with Gasteiger partial charge < -0.3 is 15.0 Å². The lowest BCUT2D eigenvalue weighted by Gasteiger charge is -2.30. The zero-order valence-corrected chi connectivity index (χ0v) is 12.5. The SMILES string of the molecule is COc1cccc(CC(=O)N2CCNC(=O)CC2C(F)(F)F)c1. The fourth-order valence-electron chi connectivity index (χ4n) is 2.48. The average molecular weight is 330 g/mol. The summed E-state index contributed by atoms with van der Waals surface area (Å²) in [6.07, 6.45) is -5.60. The predicted octanol–water partition coefficient (Wildman–Crippen LogP) is 1.52. The van der Waals surface area contributed by atoms with Gasteiger partial charge in [-0.05, 0) is 17.7 Å². The molecule has 0 spiro atoms. The van der Waals surface area contributed by atoms with E-state index in [1.54, 1.807) is 24.3 Å². The molecule has 126 valence electrons. The molecule has 1 aromatic rings. The first-order chi connectivity index (χ1) is 10.8. The number of alkyl halides is 3. The van der Waals surface area contributed by atoms with Gasteiger partial charge in [-0.25, -0.2) is 0 Å². The van der Waals surface area contributed by atoms with E-state index in [-0.39, 0.29) is 19.5 Å². The summed E-state index contributed by atoms with van der Waals surface area (Å²) < 4.78 is 44.5. The minimum atomic E-state index is -4.65. The monoisotopic (exact) mass is 330 g/mol. The highest BCUT2D eigenvalue weighted by atomic mass is 19.4. The van der Waals surface area contributed by atoms with Gasteiger partial charge >= 0.3 is 6.18 Å². The Bertz CT molecular complexity index is 590. The average Bonchev–Trinajstić information content (AvgIpc) is 2.69. The van der Waals surface area contributed by atoms with Gasteiger partial charge in [-0.15, -0.1) is 0 Å². The Morgan fingerprint density at radius 2 is 2.17 bits per heavy atom. The third-order valence-electron chi connectivity index (χ3n) is 3.62. The molecule has 2 rings (SSSR count). The van der Waals surface area contributed by atoms with Crippen LogP contribution in [-0.2, 0) is 16.0 Å². The molecule has 5 nitrogen and oxygen atoms in total. The van der Waals surface area contributed by atoms with Gasteiger partial charge in [0.1, 0.15) is 11.8 Å². The van der Waals surface area contributed by atoms with Crippen LogP contribution in [0, 0.1) is 0 Å². The maximum Gasteiger partial charge on any atom is 0.409 e. The Kier molecular flexibility index (Phi) is 5.12. The number of ether oxygens (including phenoxy) is 1. The van der Waals surface area contributed by atoms with E-state index < -0.39 is 30.5 Å². The van der Waals surface area contributed by atoms with E-state index in [4.69, 9.17) is 4.74 Å². The smallest absolute Gasteiger partial charge is 0.409 e. The molecule has 0 aliphatic carbocycles.